The van der Waals surface area contributed by atoms with E-state index in [1.807, 2.05) is 0 Å². The number of unbranched alkanes of at least 4 members (excludes halogenated alkanes) is 22. The van der Waals surface area contributed by atoms with Crippen LogP contribution in [0, 0.1) is 0 Å². The molecule has 0 aliphatic carbocycles. The van der Waals surface area contributed by atoms with Crippen molar-refractivity contribution < 1.29 is 44.0 Å². The molecule has 0 unspecified atom stereocenters. The Hall–Kier alpha value is -2.74. The minimum absolute atomic E-state index is 0.180. The molecule has 0 saturated carbocycles. The maximum Gasteiger partial charge on any atom is 0.408 e. The molecule has 1 heterocycles. The number of nitrogens with one attached hydrogen (secondary N) is 3. The van der Waals surface area contributed by atoms with Crippen molar-refractivity contribution in [3.8, 4) is 0 Å². The number of rotatable bonds is 35. The lowest BCUT2D eigenvalue weighted by Gasteiger charge is -2.47. The Morgan fingerprint density at radius 2 is 1.18 bits per heavy atom. The summed E-state index contributed by atoms with van der Waals surface area (Å²) in [5.74, 6) is -1.51. The lowest BCUT2D eigenvalue weighted by atomic mass is 9.94. The summed E-state index contributed by atoms with van der Waals surface area (Å²) in [7, 11) is 0. The van der Waals surface area contributed by atoms with Gasteiger partial charge in [-0.25, -0.2) is 4.79 Å². The molecule has 0 aromatic carbocycles. The SMILES string of the molecule is CCCCCCCC/C=C\CCCCCCCC(=O)N(CCCCCCCCCCCCCC)[C@@H]1O[C@H](CO)[C@@H](O)[C@H](O)[C@H]1NC(=O)CNC(=O)[C@H](C)NC(=O)OC(C)(C)C. The number of ether oxygens (including phenoxy) is 2. The Balaban J connectivity index is 2.86. The van der Waals surface area contributed by atoms with E-state index < -0.39 is 73.3 Å². The summed E-state index contributed by atoms with van der Waals surface area (Å²) < 4.78 is 11.3. The Labute approximate surface area is 370 Å². The van der Waals surface area contributed by atoms with E-state index in [-0.39, 0.29) is 12.3 Å². The van der Waals surface area contributed by atoms with Gasteiger partial charge in [-0.3, -0.25) is 14.4 Å². The Bertz CT molecular complexity index is 1200. The summed E-state index contributed by atoms with van der Waals surface area (Å²) >= 11 is 0. The standard InChI is InChI=1S/C48H90N4O9/c1-7-9-11-13-15-17-19-21-22-23-24-26-28-30-32-34-41(55)52(35-33-31-29-27-25-20-18-16-14-12-10-8-2)46-42(44(57)43(56)39(37-53)60-46)51-40(54)36-49-45(58)38(3)50-47(59)61-48(4,5)6/h21-22,38-39,42-44,46,53,56-57H,7-20,23-37H2,1-6H3,(H,49,58)(H,50,59)(H,51,54)/b22-21-/t38-,39+,42+,43+,44+,46+/m0/s1. The first kappa shape index (κ1) is 56.3. The van der Waals surface area contributed by atoms with Crippen LogP contribution >= 0.6 is 0 Å². The number of hydrogen-bond acceptors (Lipinski definition) is 9. The number of aliphatic hydroxyl groups is 3. The highest BCUT2D eigenvalue weighted by Gasteiger charge is 2.48. The number of carbonyl (C=O) groups excluding carboxylic acids is 4. The predicted molar refractivity (Wildman–Crippen MR) is 244 cm³/mol. The topological polar surface area (TPSA) is 187 Å². The van der Waals surface area contributed by atoms with Crippen molar-refractivity contribution in [1.82, 2.24) is 20.9 Å². The number of hydrogen-bond donors (Lipinski definition) is 6. The zero-order chi connectivity index (χ0) is 45.3. The molecule has 4 amide bonds. The third-order valence-corrected chi connectivity index (χ3v) is 11.3. The molecule has 0 aromatic rings. The second-order valence-electron chi connectivity index (χ2n) is 18.2. The largest absolute Gasteiger partial charge is 0.444 e. The molecule has 13 nitrogen and oxygen atoms in total. The van der Waals surface area contributed by atoms with Crippen LogP contribution in [0.1, 0.15) is 208 Å². The van der Waals surface area contributed by atoms with E-state index in [1.165, 1.54) is 96.8 Å². The van der Waals surface area contributed by atoms with Gasteiger partial charge < -0.3 is 45.6 Å². The lowest BCUT2D eigenvalue weighted by Crippen LogP contribution is -2.69. The van der Waals surface area contributed by atoms with E-state index in [9.17, 15) is 34.5 Å². The molecule has 0 aromatic heterocycles. The normalized spacial score (nSPS) is 19.7. The van der Waals surface area contributed by atoms with Gasteiger partial charge in [0, 0.05) is 13.0 Å². The molecule has 1 fully saturated rings. The van der Waals surface area contributed by atoms with Gasteiger partial charge in [0.25, 0.3) is 0 Å². The minimum Gasteiger partial charge on any atom is -0.444 e. The van der Waals surface area contributed by atoms with E-state index in [4.69, 9.17) is 9.47 Å². The molecule has 1 aliphatic rings. The summed E-state index contributed by atoms with van der Waals surface area (Å²) in [6.45, 7) is 10.2. The molecule has 61 heavy (non-hydrogen) atoms. The average molecular weight is 867 g/mol. The first-order valence-corrected chi connectivity index (χ1v) is 24.4. The molecular weight excluding hydrogens is 777 g/mol. The first-order valence-electron chi connectivity index (χ1n) is 24.4. The van der Waals surface area contributed by atoms with Crippen molar-refractivity contribution in [2.45, 2.75) is 251 Å². The molecule has 6 N–H and O–H groups in total. The van der Waals surface area contributed by atoms with Gasteiger partial charge in [0.1, 0.15) is 36.0 Å². The number of alkyl carbamates (subject to hydrolysis) is 1. The van der Waals surface area contributed by atoms with E-state index in [0.29, 0.717) is 19.4 Å². The van der Waals surface area contributed by atoms with Crippen LogP contribution in [0.3, 0.4) is 0 Å². The first-order chi connectivity index (χ1) is 29.2. The zero-order valence-electron chi connectivity index (χ0n) is 39.4. The van der Waals surface area contributed by atoms with Gasteiger partial charge in [0.15, 0.2) is 6.23 Å². The molecule has 0 bridgehead atoms. The van der Waals surface area contributed by atoms with Crippen molar-refractivity contribution in [1.29, 1.82) is 0 Å². The van der Waals surface area contributed by atoms with Crippen LogP contribution in [-0.4, -0.2) is 106 Å². The molecule has 13 heteroatoms. The molecular formula is C48H90N4O9. The smallest absolute Gasteiger partial charge is 0.408 e. The van der Waals surface area contributed by atoms with Gasteiger partial charge in [-0.1, -0.05) is 148 Å². The molecule has 1 saturated heterocycles. The third-order valence-electron chi connectivity index (χ3n) is 11.3. The van der Waals surface area contributed by atoms with Gasteiger partial charge in [0.2, 0.25) is 17.7 Å². The summed E-state index contributed by atoms with van der Waals surface area (Å²) in [4.78, 5) is 53.7. The van der Waals surface area contributed by atoms with Crippen LogP contribution in [0.25, 0.3) is 0 Å². The number of nitrogens with zero attached hydrogens (tertiary/aromatic N) is 1. The molecule has 1 rings (SSSR count). The minimum atomic E-state index is -1.57. The van der Waals surface area contributed by atoms with Gasteiger partial charge in [-0.2, -0.15) is 0 Å². The monoisotopic (exact) mass is 867 g/mol. The van der Waals surface area contributed by atoms with Crippen molar-refractivity contribution in [2.24, 2.45) is 0 Å². The summed E-state index contributed by atoms with van der Waals surface area (Å²) in [6.07, 6.45) is 27.4. The second kappa shape index (κ2) is 34.7. The highest BCUT2D eigenvalue weighted by molar-refractivity contribution is 5.89. The van der Waals surface area contributed by atoms with E-state index in [2.05, 4.69) is 41.9 Å². The Morgan fingerprint density at radius 3 is 1.67 bits per heavy atom. The van der Waals surface area contributed by atoms with E-state index in [1.54, 1.807) is 25.7 Å². The predicted octanol–water partition coefficient (Wildman–Crippen LogP) is 8.51. The fourth-order valence-corrected chi connectivity index (χ4v) is 7.64. The molecule has 0 radical (unpaired) electrons. The zero-order valence-corrected chi connectivity index (χ0v) is 39.4. The Kier molecular flexibility index (Phi) is 32.0. The highest BCUT2D eigenvalue weighted by atomic mass is 16.6. The second-order valence-corrected chi connectivity index (χ2v) is 18.2. The summed E-state index contributed by atoms with van der Waals surface area (Å²) in [6, 6.07) is -2.25. The van der Waals surface area contributed by atoms with Gasteiger partial charge in [0.05, 0.1) is 13.2 Å². The molecule has 0 spiro atoms. The maximum absolute atomic E-state index is 14.0. The van der Waals surface area contributed by atoms with Crippen LogP contribution in [0.5, 0.6) is 0 Å². The third kappa shape index (κ3) is 27.1. The quantitative estimate of drug-likeness (QED) is 0.0268. The van der Waals surface area contributed by atoms with Crippen molar-refractivity contribution >= 4 is 23.8 Å². The highest BCUT2D eigenvalue weighted by Crippen LogP contribution is 2.26. The van der Waals surface area contributed by atoms with Crippen LogP contribution in [0.15, 0.2) is 12.2 Å². The van der Waals surface area contributed by atoms with Gasteiger partial charge in [-0.05, 0) is 66.2 Å². The van der Waals surface area contributed by atoms with E-state index >= 15 is 0 Å². The summed E-state index contributed by atoms with van der Waals surface area (Å²) in [5.41, 5.74) is -0.759. The molecule has 6 atom stereocenters. The van der Waals surface area contributed by atoms with Crippen LogP contribution in [0.2, 0.25) is 0 Å². The van der Waals surface area contributed by atoms with Gasteiger partial charge in [-0.15, -0.1) is 0 Å². The van der Waals surface area contributed by atoms with Crippen molar-refractivity contribution in [3.63, 3.8) is 0 Å². The fraction of sp³-hybridized carbons (Fsp3) is 0.875. The number of carbonyl (C=O) groups is 4. The Morgan fingerprint density at radius 1 is 0.705 bits per heavy atom. The maximum atomic E-state index is 14.0. The average Bonchev–Trinajstić information content (AvgIpc) is 3.21. The van der Waals surface area contributed by atoms with Crippen LogP contribution < -0.4 is 16.0 Å². The van der Waals surface area contributed by atoms with Gasteiger partial charge >= 0.3 is 6.09 Å². The van der Waals surface area contributed by atoms with Crippen LogP contribution in [0.4, 0.5) is 4.79 Å². The lowest BCUT2D eigenvalue weighted by molar-refractivity contribution is -0.231. The molecule has 356 valence electrons. The number of aliphatic hydroxyl groups excluding tert-OH is 3. The molecule has 1 aliphatic heterocycles. The van der Waals surface area contributed by atoms with Crippen molar-refractivity contribution in [2.75, 3.05) is 19.7 Å². The number of allylic oxidation sites excluding steroid dienone is 2. The van der Waals surface area contributed by atoms with Crippen LogP contribution in [-0.2, 0) is 23.9 Å². The summed E-state index contributed by atoms with van der Waals surface area (Å²) in [5, 5.41) is 39.8. The van der Waals surface area contributed by atoms with E-state index in [0.717, 1.165) is 57.8 Å². The fourth-order valence-electron chi connectivity index (χ4n) is 7.64. The number of amides is 4. The van der Waals surface area contributed by atoms with Crippen molar-refractivity contribution in [3.05, 3.63) is 12.2 Å².